The molecule has 114 valence electrons. The van der Waals surface area contributed by atoms with Crippen molar-refractivity contribution >= 4 is 16.5 Å². The molecule has 0 radical (unpaired) electrons. The van der Waals surface area contributed by atoms with E-state index in [4.69, 9.17) is 4.52 Å². The van der Waals surface area contributed by atoms with Crippen molar-refractivity contribution in [3.63, 3.8) is 0 Å². The van der Waals surface area contributed by atoms with Crippen LogP contribution in [0.25, 0.3) is 10.6 Å². The van der Waals surface area contributed by atoms with Crippen molar-refractivity contribution < 1.29 is 9.63 Å². The second kappa shape index (κ2) is 6.15. The van der Waals surface area contributed by atoms with Crippen molar-refractivity contribution in [1.82, 2.24) is 15.4 Å². The lowest BCUT2D eigenvalue weighted by Gasteiger charge is -2.13. The molecule has 0 amide bonds. The molecular formula is C15H16N4O2S. The van der Waals surface area contributed by atoms with Crippen molar-refractivity contribution in [3.05, 3.63) is 41.8 Å². The summed E-state index contributed by atoms with van der Waals surface area (Å²) >= 11 is 1.51. The molecule has 7 heteroatoms. The Bertz CT molecular complexity index is 751. The minimum Gasteiger partial charge on any atom is -0.508 e. The minimum absolute atomic E-state index is 0.241. The largest absolute Gasteiger partial charge is 0.508 e. The number of rotatable bonds is 5. The molecule has 0 aliphatic rings. The predicted octanol–water partition coefficient (Wildman–Crippen LogP) is 3.10. The molecule has 1 aromatic carbocycles. The van der Waals surface area contributed by atoms with Crippen LogP contribution in [0.1, 0.15) is 18.2 Å². The highest BCUT2D eigenvalue weighted by atomic mass is 32.1. The van der Waals surface area contributed by atoms with Crippen LogP contribution in [0, 0.1) is 0 Å². The summed E-state index contributed by atoms with van der Waals surface area (Å²) in [6.07, 6.45) is 2.52. The Hall–Kier alpha value is -2.41. The van der Waals surface area contributed by atoms with Crippen LogP contribution < -0.4 is 4.90 Å². The molecule has 1 N–H and O–H groups in total. The van der Waals surface area contributed by atoms with E-state index in [9.17, 15) is 5.11 Å². The second-order valence-electron chi connectivity index (χ2n) is 4.93. The van der Waals surface area contributed by atoms with E-state index in [0.717, 1.165) is 33.4 Å². The van der Waals surface area contributed by atoms with Gasteiger partial charge < -0.3 is 14.5 Å². The molecule has 2 heterocycles. The van der Waals surface area contributed by atoms with E-state index >= 15 is 0 Å². The highest BCUT2D eigenvalue weighted by molar-refractivity contribution is 7.18. The van der Waals surface area contributed by atoms with E-state index in [1.807, 2.05) is 24.1 Å². The lowest BCUT2D eigenvalue weighted by Crippen LogP contribution is -2.16. The Kier molecular flexibility index (Phi) is 4.06. The quantitative estimate of drug-likeness (QED) is 0.779. The van der Waals surface area contributed by atoms with Gasteiger partial charge in [-0.1, -0.05) is 23.4 Å². The average molecular weight is 316 g/mol. The summed E-state index contributed by atoms with van der Waals surface area (Å²) in [6, 6.07) is 6.94. The van der Waals surface area contributed by atoms with E-state index in [2.05, 4.69) is 22.3 Å². The van der Waals surface area contributed by atoms with E-state index in [1.165, 1.54) is 11.3 Å². The molecule has 0 atom stereocenters. The minimum atomic E-state index is 0.241. The number of hydrogen-bond acceptors (Lipinski definition) is 7. The predicted molar refractivity (Wildman–Crippen MR) is 85.0 cm³/mol. The Morgan fingerprint density at radius 1 is 1.23 bits per heavy atom. The van der Waals surface area contributed by atoms with Gasteiger partial charge in [-0.3, -0.25) is 0 Å². The molecule has 22 heavy (non-hydrogen) atoms. The Balaban J connectivity index is 1.77. The third kappa shape index (κ3) is 2.94. The summed E-state index contributed by atoms with van der Waals surface area (Å²) in [4.78, 5) is 2.02. The number of phenolic OH excluding ortho intramolecular Hbond substituents is 1. The Labute approximate surface area is 132 Å². The number of aryl methyl sites for hydroxylation is 1. The van der Waals surface area contributed by atoms with Gasteiger partial charge in [0.1, 0.15) is 17.0 Å². The third-order valence-electron chi connectivity index (χ3n) is 3.33. The summed E-state index contributed by atoms with van der Waals surface area (Å²) in [5.41, 5.74) is 2.97. The topological polar surface area (TPSA) is 75.3 Å². The van der Waals surface area contributed by atoms with Gasteiger partial charge in [0.15, 0.2) is 0 Å². The van der Waals surface area contributed by atoms with Crippen LogP contribution in [-0.4, -0.2) is 27.5 Å². The monoisotopic (exact) mass is 316 g/mol. The third-order valence-corrected chi connectivity index (χ3v) is 4.41. The van der Waals surface area contributed by atoms with Gasteiger partial charge in [-0.05, 0) is 30.7 Å². The standard InChI is InChI=1S/C15H16N4O2S/c1-3-13-11(9-21-18-13)8-19(2)15-17-16-14(22-15)10-4-6-12(20)7-5-10/h4-7,9,20H,3,8H2,1-2H3. The van der Waals surface area contributed by atoms with Crippen LogP contribution >= 0.6 is 11.3 Å². The van der Waals surface area contributed by atoms with Crippen molar-refractivity contribution in [1.29, 1.82) is 0 Å². The van der Waals surface area contributed by atoms with Gasteiger partial charge in [0.25, 0.3) is 0 Å². The molecule has 6 nitrogen and oxygen atoms in total. The molecule has 0 unspecified atom stereocenters. The number of anilines is 1. The first-order chi connectivity index (χ1) is 10.7. The lowest BCUT2D eigenvalue weighted by atomic mass is 10.2. The van der Waals surface area contributed by atoms with Crippen molar-refractivity contribution in [2.24, 2.45) is 0 Å². The van der Waals surface area contributed by atoms with Gasteiger partial charge in [0.05, 0.1) is 5.69 Å². The Morgan fingerprint density at radius 3 is 2.73 bits per heavy atom. The molecule has 0 aliphatic carbocycles. The van der Waals surface area contributed by atoms with Crippen LogP contribution in [0.3, 0.4) is 0 Å². The van der Waals surface area contributed by atoms with Crippen LogP contribution in [-0.2, 0) is 13.0 Å². The van der Waals surface area contributed by atoms with Gasteiger partial charge in [0.2, 0.25) is 5.13 Å². The first kappa shape index (κ1) is 14.5. The molecule has 0 saturated heterocycles. The van der Waals surface area contributed by atoms with Crippen molar-refractivity contribution in [3.8, 4) is 16.3 Å². The zero-order valence-corrected chi connectivity index (χ0v) is 13.2. The summed E-state index contributed by atoms with van der Waals surface area (Å²) in [5.74, 6) is 0.241. The molecule has 0 bridgehead atoms. The van der Waals surface area contributed by atoms with Crippen molar-refractivity contribution in [2.75, 3.05) is 11.9 Å². The van der Waals surface area contributed by atoms with Crippen LogP contribution in [0.5, 0.6) is 5.75 Å². The number of nitrogens with zero attached hydrogens (tertiary/aromatic N) is 4. The maximum Gasteiger partial charge on any atom is 0.208 e. The van der Waals surface area contributed by atoms with E-state index in [-0.39, 0.29) is 5.75 Å². The van der Waals surface area contributed by atoms with Gasteiger partial charge >= 0.3 is 0 Å². The van der Waals surface area contributed by atoms with Gasteiger partial charge in [0, 0.05) is 24.7 Å². The summed E-state index contributed by atoms with van der Waals surface area (Å²) in [5, 5.41) is 23.4. The zero-order valence-electron chi connectivity index (χ0n) is 12.4. The number of aromatic hydroxyl groups is 1. The summed E-state index contributed by atoms with van der Waals surface area (Å²) in [7, 11) is 1.97. The van der Waals surface area contributed by atoms with Gasteiger partial charge in [-0.25, -0.2) is 0 Å². The maximum atomic E-state index is 9.33. The smallest absolute Gasteiger partial charge is 0.208 e. The number of phenols is 1. The fourth-order valence-electron chi connectivity index (χ4n) is 2.11. The molecule has 2 aromatic heterocycles. The molecule has 0 saturated carbocycles. The molecule has 0 aliphatic heterocycles. The summed E-state index contributed by atoms with van der Waals surface area (Å²) < 4.78 is 5.03. The zero-order chi connectivity index (χ0) is 15.5. The average Bonchev–Trinajstić information content (AvgIpc) is 3.16. The normalized spacial score (nSPS) is 10.8. The molecular weight excluding hydrogens is 300 g/mol. The Morgan fingerprint density at radius 2 is 2.00 bits per heavy atom. The number of hydrogen-bond donors (Lipinski definition) is 1. The first-order valence-electron chi connectivity index (χ1n) is 6.93. The molecule has 0 fully saturated rings. The first-order valence-corrected chi connectivity index (χ1v) is 7.75. The fraction of sp³-hybridized carbons (Fsp3) is 0.267. The van der Waals surface area contributed by atoms with Crippen LogP contribution in [0.2, 0.25) is 0 Å². The number of benzene rings is 1. The van der Waals surface area contributed by atoms with Crippen molar-refractivity contribution in [2.45, 2.75) is 19.9 Å². The highest BCUT2D eigenvalue weighted by Crippen LogP contribution is 2.29. The summed E-state index contributed by atoms with van der Waals surface area (Å²) in [6.45, 7) is 2.73. The second-order valence-corrected chi connectivity index (χ2v) is 5.89. The SMILES string of the molecule is CCc1nocc1CN(C)c1nnc(-c2ccc(O)cc2)s1. The van der Waals surface area contributed by atoms with Gasteiger partial charge in [-0.15, -0.1) is 10.2 Å². The molecule has 0 spiro atoms. The van der Waals surface area contributed by atoms with Gasteiger partial charge in [-0.2, -0.15) is 0 Å². The highest BCUT2D eigenvalue weighted by Gasteiger charge is 2.14. The van der Waals surface area contributed by atoms with E-state index < -0.39 is 0 Å². The van der Waals surface area contributed by atoms with Crippen LogP contribution in [0.15, 0.2) is 35.1 Å². The molecule has 3 rings (SSSR count). The fourth-order valence-corrected chi connectivity index (χ4v) is 2.92. The maximum absolute atomic E-state index is 9.33. The number of aromatic nitrogens is 3. The van der Waals surface area contributed by atoms with E-state index in [0.29, 0.717) is 6.54 Å². The molecule has 3 aromatic rings. The van der Waals surface area contributed by atoms with Crippen LogP contribution in [0.4, 0.5) is 5.13 Å². The lowest BCUT2D eigenvalue weighted by molar-refractivity contribution is 0.412. The van der Waals surface area contributed by atoms with E-state index in [1.54, 1.807) is 18.4 Å².